The van der Waals surface area contributed by atoms with Crippen molar-refractivity contribution in [1.29, 1.82) is 0 Å². The number of sulfonamides is 1. The molecule has 0 saturated heterocycles. The summed E-state index contributed by atoms with van der Waals surface area (Å²) in [7, 11) is -3.45. The Kier molecular flexibility index (Phi) is 7.13. The van der Waals surface area contributed by atoms with Crippen LogP contribution in [0, 0.1) is 6.92 Å². The maximum atomic E-state index is 12.5. The molecule has 3 aromatic carbocycles. The summed E-state index contributed by atoms with van der Waals surface area (Å²) in [6, 6.07) is 24.5. The Hall–Kier alpha value is -3.12. The van der Waals surface area contributed by atoms with E-state index < -0.39 is 10.0 Å². The van der Waals surface area contributed by atoms with E-state index in [4.69, 9.17) is 0 Å². The molecule has 0 aliphatic carbocycles. The zero-order chi connectivity index (χ0) is 22.4. The van der Waals surface area contributed by atoms with Gasteiger partial charge in [-0.25, -0.2) is 8.42 Å². The average Bonchev–Trinajstić information content (AvgIpc) is 2.76. The minimum Gasteiger partial charge on any atom is -0.351 e. The van der Waals surface area contributed by atoms with Crippen molar-refractivity contribution in [2.24, 2.45) is 0 Å². The van der Waals surface area contributed by atoms with Gasteiger partial charge in [0.1, 0.15) is 0 Å². The van der Waals surface area contributed by atoms with Crippen molar-refractivity contribution in [2.45, 2.75) is 26.3 Å². The van der Waals surface area contributed by atoms with Gasteiger partial charge in [-0.05, 0) is 48.2 Å². The molecule has 1 atom stereocenters. The zero-order valence-corrected chi connectivity index (χ0v) is 18.9. The van der Waals surface area contributed by atoms with E-state index in [9.17, 15) is 13.2 Å². The maximum Gasteiger partial charge on any atom is 0.251 e. The number of carbonyl (C=O) groups is 1. The minimum absolute atomic E-state index is 0.146. The van der Waals surface area contributed by atoms with E-state index in [1.54, 1.807) is 36.4 Å². The fraction of sp³-hybridized carbons (Fsp3) is 0.240. The summed E-state index contributed by atoms with van der Waals surface area (Å²) >= 11 is 0. The normalized spacial score (nSPS) is 12.2. The van der Waals surface area contributed by atoms with Crippen molar-refractivity contribution in [3.63, 3.8) is 0 Å². The number of hydrogen-bond donors (Lipinski definition) is 1. The molecule has 1 N–H and O–H groups in total. The predicted octanol–water partition coefficient (Wildman–Crippen LogP) is 4.49. The number of rotatable bonds is 8. The number of hydrogen-bond acceptors (Lipinski definition) is 3. The molecule has 5 nitrogen and oxygen atoms in total. The van der Waals surface area contributed by atoms with Crippen LogP contribution >= 0.6 is 0 Å². The van der Waals surface area contributed by atoms with Crippen LogP contribution in [0.25, 0.3) is 0 Å². The Morgan fingerprint density at radius 1 is 0.935 bits per heavy atom. The molecule has 0 spiro atoms. The lowest BCUT2D eigenvalue weighted by Gasteiger charge is -2.23. The summed E-state index contributed by atoms with van der Waals surface area (Å²) in [5, 5.41) is 2.97. The predicted molar refractivity (Wildman–Crippen MR) is 126 cm³/mol. The van der Waals surface area contributed by atoms with Crippen molar-refractivity contribution < 1.29 is 13.2 Å². The molecule has 0 aliphatic heterocycles. The van der Waals surface area contributed by atoms with Gasteiger partial charge in [0.05, 0.1) is 18.5 Å². The zero-order valence-electron chi connectivity index (χ0n) is 18.1. The second kappa shape index (κ2) is 9.79. The fourth-order valence-electron chi connectivity index (χ4n) is 3.29. The van der Waals surface area contributed by atoms with E-state index >= 15 is 0 Å². The molecule has 0 saturated carbocycles. The molecule has 162 valence electrons. The van der Waals surface area contributed by atoms with Gasteiger partial charge in [-0.15, -0.1) is 0 Å². The highest BCUT2D eigenvalue weighted by atomic mass is 32.2. The summed E-state index contributed by atoms with van der Waals surface area (Å²) in [6.45, 7) is 4.78. The van der Waals surface area contributed by atoms with Crippen molar-refractivity contribution in [3.8, 4) is 0 Å². The van der Waals surface area contributed by atoms with Gasteiger partial charge in [-0.2, -0.15) is 0 Å². The molecule has 0 aromatic heterocycles. The second-order valence-corrected chi connectivity index (χ2v) is 9.73. The van der Waals surface area contributed by atoms with E-state index in [2.05, 4.69) is 12.2 Å². The van der Waals surface area contributed by atoms with Crippen LogP contribution in [0.4, 0.5) is 5.69 Å². The van der Waals surface area contributed by atoms with Crippen LogP contribution in [-0.4, -0.2) is 27.1 Å². The first kappa shape index (κ1) is 22.6. The van der Waals surface area contributed by atoms with E-state index in [1.807, 2.05) is 49.4 Å². The highest BCUT2D eigenvalue weighted by Gasteiger charge is 2.18. The molecule has 0 fully saturated rings. The number of benzene rings is 3. The molecular formula is C25H28N2O3S. The molecule has 0 radical (unpaired) electrons. The van der Waals surface area contributed by atoms with Crippen LogP contribution in [0.1, 0.15) is 39.9 Å². The standard InChI is InChI=1S/C25H28N2O3S/c1-19-9-15-24(16-10-19)27(31(3,29)30)18-21-11-13-23(14-12-21)25(28)26-17-20(2)22-7-5-4-6-8-22/h4-16,20H,17-18H2,1-3H3,(H,26,28). The first-order valence-corrected chi connectivity index (χ1v) is 12.1. The Labute approximate surface area is 184 Å². The number of nitrogens with one attached hydrogen (secondary N) is 1. The molecule has 0 heterocycles. The molecule has 0 bridgehead atoms. The average molecular weight is 437 g/mol. The van der Waals surface area contributed by atoms with E-state index in [0.29, 0.717) is 17.8 Å². The van der Waals surface area contributed by atoms with Crippen LogP contribution in [-0.2, 0) is 16.6 Å². The molecule has 0 aliphatic rings. The molecule has 3 aromatic rings. The van der Waals surface area contributed by atoms with Gasteiger partial charge in [0.2, 0.25) is 10.0 Å². The molecule has 1 unspecified atom stereocenters. The molecular weight excluding hydrogens is 408 g/mol. The topological polar surface area (TPSA) is 66.5 Å². The summed E-state index contributed by atoms with van der Waals surface area (Å²) in [5.74, 6) is 0.0649. The van der Waals surface area contributed by atoms with Crippen LogP contribution < -0.4 is 9.62 Å². The first-order valence-electron chi connectivity index (χ1n) is 10.2. The summed E-state index contributed by atoms with van der Waals surface area (Å²) in [6.07, 6.45) is 1.20. The Morgan fingerprint density at radius 3 is 2.13 bits per heavy atom. The Balaban J connectivity index is 1.65. The summed E-state index contributed by atoms with van der Waals surface area (Å²) < 4.78 is 26.0. The van der Waals surface area contributed by atoms with Crippen LogP contribution in [0.3, 0.4) is 0 Å². The summed E-state index contributed by atoms with van der Waals surface area (Å²) in [4.78, 5) is 12.5. The fourth-order valence-corrected chi connectivity index (χ4v) is 4.17. The summed E-state index contributed by atoms with van der Waals surface area (Å²) in [5.41, 5.74) is 4.21. The highest BCUT2D eigenvalue weighted by molar-refractivity contribution is 7.92. The smallest absolute Gasteiger partial charge is 0.251 e. The number of nitrogens with zero attached hydrogens (tertiary/aromatic N) is 1. The Morgan fingerprint density at radius 2 is 1.55 bits per heavy atom. The first-order chi connectivity index (χ1) is 14.7. The van der Waals surface area contributed by atoms with E-state index in [-0.39, 0.29) is 18.4 Å². The van der Waals surface area contributed by atoms with E-state index in [1.165, 1.54) is 16.1 Å². The minimum atomic E-state index is -3.45. The van der Waals surface area contributed by atoms with Crippen molar-refractivity contribution >= 4 is 21.6 Å². The number of aryl methyl sites for hydroxylation is 1. The van der Waals surface area contributed by atoms with Gasteiger partial charge in [0.25, 0.3) is 5.91 Å². The van der Waals surface area contributed by atoms with Gasteiger partial charge >= 0.3 is 0 Å². The third-order valence-corrected chi connectivity index (χ3v) is 6.34. The van der Waals surface area contributed by atoms with Crippen LogP contribution in [0.5, 0.6) is 0 Å². The SMILES string of the molecule is Cc1ccc(N(Cc2ccc(C(=O)NCC(C)c3ccccc3)cc2)S(C)(=O)=O)cc1. The van der Waals surface area contributed by atoms with Crippen molar-refractivity contribution in [2.75, 3.05) is 17.1 Å². The lowest BCUT2D eigenvalue weighted by Crippen LogP contribution is -2.29. The third-order valence-electron chi connectivity index (χ3n) is 5.20. The number of carbonyl (C=O) groups excluding carboxylic acids is 1. The van der Waals surface area contributed by atoms with Gasteiger partial charge in [0, 0.05) is 12.1 Å². The second-order valence-electron chi connectivity index (χ2n) is 7.82. The van der Waals surface area contributed by atoms with Gasteiger partial charge in [-0.3, -0.25) is 9.10 Å². The molecule has 3 rings (SSSR count). The van der Waals surface area contributed by atoms with E-state index in [0.717, 1.165) is 11.1 Å². The monoisotopic (exact) mass is 436 g/mol. The quantitative estimate of drug-likeness (QED) is 0.566. The van der Waals surface area contributed by atoms with Crippen LogP contribution in [0.2, 0.25) is 0 Å². The van der Waals surface area contributed by atoms with Gasteiger partial charge in [-0.1, -0.05) is 67.1 Å². The van der Waals surface area contributed by atoms with Gasteiger partial charge in [0.15, 0.2) is 0 Å². The Bertz CT molecular complexity index is 1110. The largest absolute Gasteiger partial charge is 0.351 e. The van der Waals surface area contributed by atoms with Crippen molar-refractivity contribution in [1.82, 2.24) is 5.32 Å². The molecule has 31 heavy (non-hydrogen) atoms. The highest BCUT2D eigenvalue weighted by Crippen LogP contribution is 2.21. The maximum absolute atomic E-state index is 12.5. The molecule has 6 heteroatoms. The molecule has 1 amide bonds. The van der Waals surface area contributed by atoms with Crippen molar-refractivity contribution in [3.05, 3.63) is 101 Å². The van der Waals surface area contributed by atoms with Crippen LogP contribution in [0.15, 0.2) is 78.9 Å². The lowest BCUT2D eigenvalue weighted by molar-refractivity contribution is 0.0951. The van der Waals surface area contributed by atoms with Gasteiger partial charge < -0.3 is 5.32 Å². The number of anilines is 1. The third kappa shape index (κ3) is 6.18. The lowest BCUT2D eigenvalue weighted by atomic mass is 10.0. The number of amides is 1.